The topological polar surface area (TPSA) is 70.9 Å². The van der Waals surface area contributed by atoms with Crippen LogP contribution in [-0.4, -0.2) is 29.4 Å². The first-order valence-corrected chi connectivity index (χ1v) is 5.61. The number of halogens is 1. The number of pyridine rings is 1. The molecule has 0 bridgehead atoms. The summed E-state index contributed by atoms with van der Waals surface area (Å²) in [6.45, 7) is 4.38. The minimum atomic E-state index is -0.530. The van der Waals surface area contributed by atoms with Gasteiger partial charge in [0, 0.05) is 18.4 Å². The Balaban J connectivity index is 2.02. The molecular weight excluding hydrogens is 237 g/mol. The first-order chi connectivity index (χ1) is 8.70. The molecule has 6 nitrogen and oxygen atoms in total. The van der Waals surface area contributed by atoms with Crippen LogP contribution in [0.5, 0.6) is 0 Å². The van der Waals surface area contributed by atoms with E-state index in [0.29, 0.717) is 23.8 Å². The molecule has 1 aromatic heterocycles. The van der Waals surface area contributed by atoms with Gasteiger partial charge in [0.15, 0.2) is 11.7 Å². The number of hydrogen-bond donors (Lipinski definition) is 2. The summed E-state index contributed by atoms with van der Waals surface area (Å²) in [6, 6.07) is 2.84. The van der Waals surface area contributed by atoms with E-state index in [1.54, 1.807) is 6.07 Å². The predicted molar refractivity (Wildman–Crippen MR) is 65.5 cm³/mol. The van der Waals surface area contributed by atoms with Gasteiger partial charge in [-0.2, -0.15) is 14.6 Å². The summed E-state index contributed by atoms with van der Waals surface area (Å²) in [5, 5.41) is 8.20. The summed E-state index contributed by atoms with van der Waals surface area (Å²) in [6.07, 6.45) is 1.22. The molecule has 2 heterocycles. The quantitative estimate of drug-likeness (QED) is 0.777. The van der Waals surface area contributed by atoms with E-state index in [4.69, 9.17) is 4.74 Å². The lowest BCUT2D eigenvalue weighted by Gasteiger charge is -2.19. The molecule has 1 unspecified atom stereocenters. The Morgan fingerprint density at radius 3 is 2.72 bits per heavy atom. The Labute approximate surface area is 104 Å². The van der Waals surface area contributed by atoms with Gasteiger partial charge in [-0.05, 0) is 26.0 Å². The second kappa shape index (κ2) is 5.54. The summed E-state index contributed by atoms with van der Waals surface area (Å²) < 4.78 is 18.0. The highest BCUT2D eigenvalue weighted by Gasteiger charge is 2.15. The number of hydrogen-bond acceptors (Lipinski definition) is 6. The average Bonchev–Trinajstić information content (AvgIpc) is 2.40. The van der Waals surface area contributed by atoms with E-state index in [0.717, 1.165) is 0 Å². The molecule has 18 heavy (non-hydrogen) atoms. The van der Waals surface area contributed by atoms with Crippen LogP contribution < -0.4 is 10.9 Å². The molecule has 1 aromatic rings. The van der Waals surface area contributed by atoms with Crippen LogP contribution in [0.1, 0.15) is 19.4 Å². The molecule has 0 spiro atoms. The number of rotatable bonds is 4. The predicted octanol–water partition coefficient (Wildman–Crippen LogP) is 0.814. The third-order valence-electron chi connectivity index (χ3n) is 2.37. The van der Waals surface area contributed by atoms with Crippen molar-refractivity contribution in [2.45, 2.75) is 20.0 Å². The van der Waals surface area contributed by atoms with Crippen molar-refractivity contribution in [2.75, 3.05) is 6.61 Å². The molecule has 7 heteroatoms. The number of ether oxygens (including phenoxy) is 1. The zero-order valence-corrected chi connectivity index (χ0v) is 10.1. The van der Waals surface area contributed by atoms with Gasteiger partial charge in [0.05, 0.1) is 0 Å². The lowest BCUT2D eigenvalue weighted by molar-refractivity contribution is 0.119. The van der Waals surface area contributed by atoms with Gasteiger partial charge in [-0.25, -0.2) is 4.98 Å². The zero-order chi connectivity index (χ0) is 13.0. The summed E-state index contributed by atoms with van der Waals surface area (Å²) in [7, 11) is 0. The fourth-order valence-electron chi connectivity index (χ4n) is 1.43. The van der Waals surface area contributed by atoms with Crippen LogP contribution in [0, 0.1) is 5.95 Å². The third kappa shape index (κ3) is 2.80. The number of aromatic nitrogens is 1. The fourth-order valence-corrected chi connectivity index (χ4v) is 1.43. The van der Waals surface area contributed by atoms with Crippen LogP contribution in [0.3, 0.4) is 0 Å². The van der Waals surface area contributed by atoms with Crippen LogP contribution in [0.15, 0.2) is 28.5 Å². The Hall–Kier alpha value is -2.02. The minimum Gasteiger partial charge on any atom is -0.371 e. The van der Waals surface area contributed by atoms with Crippen molar-refractivity contribution in [3.05, 3.63) is 29.8 Å². The maximum Gasteiger partial charge on any atom is 0.212 e. The summed E-state index contributed by atoms with van der Waals surface area (Å²) in [5.74, 6) is 0.544. The van der Waals surface area contributed by atoms with Crippen molar-refractivity contribution in [1.82, 2.24) is 15.8 Å². The summed E-state index contributed by atoms with van der Waals surface area (Å²) in [4.78, 5) is 3.55. The van der Waals surface area contributed by atoms with Crippen molar-refractivity contribution < 1.29 is 9.13 Å². The molecule has 0 amide bonds. The highest BCUT2D eigenvalue weighted by Crippen LogP contribution is 2.03. The van der Waals surface area contributed by atoms with Gasteiger partial charge in [0.2, 0.25) is 5.95 Å². The molecule has 0 radical (unpaired) electrons. The lowest BCUT2D eigenvalue weighted by atomic mass is 10.2. The second-order valence-corrected chi connectivity index (χ2v) is 3.65. The van der Waals surface area contributed by atoms with E-state index in [9.17, 15) is 4.39 Å². The van der Waals surface area contributed by atoms with Gasteiger partial charge in [-0.1, -0.05) is 0 Å². The van der Waals surface area contributed by atoms with Gasteiger partial charge < -0.3 is 4.74 Å². The van der Waals surface area contributed by atoms with Crippen LogP contribution in [-0.2, 0) is 4.74 Å². The smallest absolute Gasteiger partial charge is 0.212 e. The molecule has 0 aromatic carbocycles. The van der Waals surface area contributed by atoms with E-state index >= 15 is 0 Å². The van der Waals surface area contributed by atoms with E-state index in [2.05, 4.69) is 26.0 Å². The van der Waals surface area contributed by atoms with E-state index in [1.165, 1.54) is 12.3 Å². The molecule has 0 saturated carbocycles. The van der Waals surface area contributed by atoms with Gasteiger partial charge in [-0.3, -0.25) is 10.9 Å². The highest BCUT2D eigenvalue weighted by molar-refractivity contribution is 6.02. The van der Waals surface area contributed by atoms with Crippen LogP contribution >= 0.6 is 0 Å². The molecule has 0 aliphatic carbocycles. The van der Waals surface area contributed by atoms with Crippen molar-refractivity contribution >= 4 is 11.7 Å². The number of hydrazone groups is 2. The van der Waals surface area contributed by atoms with Gasteiger partial charge in [0.1, 0.15) is 6.10 Å². The Kier molecular flexibility index (Phi) is 3.83. The maximum atomic E-state index is 12.7. The molecule has 2 N–H and O–H groups in total. The Morgan fingerprint density at radius 2 is 2.17 bits per heavy atom. The summed E-state index contributed by atoms with van der Waals surface area (Å²) in [5.41, 5.74) is 6.22. The SMILES string of the molecule is CCOC(C)C1=NNC(c2ccc(F)nc2)=NN1. The van der Waals surface area contributed by atoms with Gasteiger partial charge >= 0.3 is 0 Å². The van der Waals surface area contributed by atoms with E-state index < -0.39 is 5.95 Å². The normalized spacial score (nSPS) is 16.2. The number of nitrogens with zero attached hydrogens (tertiary/aromatic N) is 3. The van der Waals surface area contributed by atoms with Gasteiger partial charge in [-0.15, -0.1) is 0 Å². The molecule has 1 atom stereocenters. The lowest BCUT2D eigenvalue weighted by Crippen LogP contribution is -2.40. The van der Waals surface area contributed by atoms with Crippen LogP contribution in [0.4, 0.5) is 4.39 Å². The van der Waals surface area contributed by atoms with Crippen molar-refractivity contribution in [3.63, 3.8) is 0 Å². The third-order valence-corrected chi connectivity index (χ3v) is 2.37. The van der Waals surface area contributed by atoms with Crippen molar-refractivity contribution in [1.29, 1.82) is 0 Å². The standard InChI is InChI=1S/C11H14FN5O/c1-3-18-7(2)10-14-16-11(17-15-10)8-4-5-9(12)13-6-8/h4-7H,3H2,1-2H3,(H,14,15)(H,16,17). The molecule has 1 aliphatic rings. The number of amidine groups is 2. The first kappa shape index (κ1) is 12.4. The monoisotopic (exact) mass is 251 g/mol. The molecule has 96 valence electrons. The second-order valence-electron chi connectivity index (χ2n) is 3.65. The summed E-state index contributed by atoms with van der Waals surface area (Å²) >= 11 is 0. The molecule has 0 saturated heterocycles. The minimum absolute atomic E-state index is 0.167. The van der Waals surface area contributed by atoms with E-state index in [-0.39, 0.29) is 6.10 Å². The van der Waals surface area contributed by atoms with Crippen molar-refractivity contribution in [2.24, 2.45) is 10.2 Å². The average molecular weight is 251 g/mol. The van der Waals surface area contributed by atoms with Crippen LogP contribution in [0.2, 0.25) is 0 Å². The van der Waals surface area contributed by atoms with Gasteiger partial charge in [0.25, 0.3) is 0 Å². The highest BCUT2D eigenvalue weighted by atomic mass is 19.1. The van der Waals surface area contributed by atoms with Crippen LogP contribution in [0.25, 0.3) is 0 Å². The molecule has 2 rings (SSSR count). The Bertz CT molecular complexity index is 471. The molecular formula is C11H14FN5O. The largest absolute Gasteiger partial charge is 0.371 e. The maximum absolute atomic E-state index is 12.7. The molecule has 1 aliphatic heterocycles. The Morgan fingerprint density at radius 1 is 1.33 bits per heavy atom. The fraction of sp³-hybridized carbons (Fsp3) is 0.364. The number of nitrogens with one attached hydrogen (secondary N) is 2. The molecule has 0 fully saturated rings. The zero-order valence-electron chi connectivity index (χ0n) is 10.1. The van der Waals surface area contributed by atoms with Crippen molar-refractivity contribution in [3.8, 4) is 0 Å². The first-order valence-electron chi connectivity index (χ1n) is 5.61. The van der Waals surface area contributed by atoms with E-state index in [1.807, 2.05) is 13.8 Å².